The lowest BCUT2D eigenvalue weighted by molar-refractivity contribution is 1.14. The van der Waals surface area contributed by atoms with Gasteiger partial charge in [-0.05, 0) is 23.6 Å². The molecule has 13 heavy (non-hydrogen) atoms. The summed E-state index contributed by atoms with van der Waals surface area (Å²) in [5.41, 5.74) is 6.24. The Morgan fingerprint density at radius 1 is 1.31 bits per heavy atom. The topological polar surface area (TPSA) is 38.9 Å². The molecule has 2 nitrogen and oxygen atoms in total. The first-order valence-electron chi connectivity index (χ1n) is 3.77. The normalized spacial score (nSPS) is 10.2. The second-order valence-corrected chi connectivity index (χ2v) is 4.73. The van der Waals surface area contributed by atoms with Gasteiger partial charge in [0.2, 0.25) is 0 Å². The molecule has 0 fully saturated rings. The molecular weight excluding hydrogens is 200 g/mol. The number of thiophene rings is 1. The molecule has 4 heteroatoms. The van der Waals surface area contributed by atoms with E-state index in [0.29, 0.717) is 5.69 Å². The first kappa shape index (κ1) is 8.59. The fourth-order valence-corrected chi connectivity index (χ4v) is 2.53. The van der Waals surface area contributed by atoms with Gasteiger partial charge in [0, 0.05) is 0 Å². The summed E-state index contributed by atoms with van der Waals surface area (Å²) in [6.45, 7) is 0. The Bertz CT molecular complexity index is 367. The highest BCUT2D eigenvalue weighted by molar-refractivity contribution is 8.01. The number of aromatic nitrogens is 1. The molecule has 0 saturated heterocycles. The van der Waals surface area contributed by atoms with E-state index in [9.17, 15) is 0 Å². The second-order valence-electron chi connectivity index (χ2n) is 2.46. The van der Waals surface area contributed by atoms with Crippen LogP contribution >= 0.6 is 23.1 Å². The Hall–Kier alpha value is -1.00. The number of hydrogen-bond acceptors (Lipinski definition) is 4. The monoisotopic (exact) mass is 208 g/mol. The minimum Gasteiger partial charge on any atom is -0.397 e. The van der Waals surface area contributed by atoms with E-state index in [1.807, 2.05) is 18.2 Å². The number of nitrogens with two attached hydrogens (primary N) is 1. The number of nitrogens with zero attached hydrogens (tertiary/aromatic N) is 1. The second kappa shape index (κ2) is 3.81. The van der Waals surface area contributed by atoms with Gasteiger partial charge < -0.3 is 5.73 Å². The van der Waals surface area contributed by atoms with Crippen LogP contribution in [0.5, 0.6) is 0 Å². The molecule has 0 aliphatic rings. The number of rotatable bonds is 2. The zero-order valence-corrected chi connectivity index (χ0v) is 8.44. The fourth-order valence-electron chi connectivity index (χ4n) is 0.877. The van der Waals surface area contributed by atoms with Gasteiger partial charge in [0.15, 0.2) is 0 Å². The molecule has 0 amide bonds. The zero-order valence-electron chi connectivity index (χ0n) is 6.81. The lowest BCUT2D eigenvalue weighted by atomic mass is 10.4. The van der Waals surface area contributed by atoms with E-state index in [-0.39, 0.29) is 0 Å². The third-order valence-electron chi connectivity index (χ3n) is 1.46. The maximum absolute atomic E-state index is 5.53. The Kier molecular flexibility index (Phi) is 2.52. The van der Waals surface area contributed by atoms with E-state index in [0.717, 1.165) is 5.03 Å². The molecule has 0 radical (unpaired) electrons. The maximum atomic E-state index is 5.53. The zero-order chi connectivity index (χ0) is 9.10. The molecule has 0 unspecified atom stereocenters. The van der Waals surface area contributed by atoms with Crippen LogP contribution in [0.3, 0.4) is 0 Å². The van der Waals surface area contributed by atoms with Crippen LogP contribution in [0.4, 0.5) is 5.69 Å². The summed E-state index contributed by atoms with van der Waals surface area (Å²) in [4.78, 5) is 4.20. The average Bonchev–Trinajstić information content (AvgIpc) is 2.62. The van der Waals surface area contributed by atoms with Gasteiger partial charge in [-0.3, -0.25) is 0 Å². The first-order chi connectivity index (χ1) is 6.34. The van der Waals surface area contributed by atoms with Crippen molar-refractivity contribution >= 4 is 28.8 Å². The smallest absolute Gasteiger partial charge is 0.102 e. The predicted molar refractivity (Wildman–Crippen MR) is 57.1 cm³/mol. The lowest BCUT2D eigenvalue weighted by Crippen LogP contribution is -1.85. The van der Waals surface area contributed by atoms with Crippen molar-refractivity contribution in [1.29, 1.82) is 0 Å². The quantitative estimate of drug-likeness (QED) is 0.824. The van der Waals surface area contributed by atoms with E-state index in [4.69, 9.17) is 5.73 Å². The third-order valence-corrected chi connectivity index (χ3v) is 3.45. The highest BCUT2D eigenvalue weighted by Gasteiger charge is 1.98. The summed E-state index contributed by atoms with van der Waals surface area (Å²) in [7, 11) is 0. The van der Waals surface area contributed by atoms with Crippen LogP contribution in [0.15, 0.2) is 45.1 Å². The standard InChI is InChI=1S/C9H8N2S2/c10-7-3-4-8(11-6-7)13-9-2-1-5-12-9/h1-6H,10H2. The highest BCUT2D eigenvalue weighted by Crippen LogP contribution is 2.29. The van der Waals surface area contributed by atoms with E-state index in [1.54, 1.807) is 29.3 Å². The van der Waals surface area contributed by atoms with Crippen molar-refractivity contribution in [3.8, 4) is 0 Å². The first-order valence-corrected chi connectivity index (χ1v) is 5.47. The van der Waals surface area contributed by atoms with E-state index in [2.05, 4.69) is 16.4 Å². The highest BCUT2D eigenvalue weighted by atomic mass is 32.2. The molecule has 0 bridgehead atoms. The summed E-state index contributed by atoms with van der Waals surface area (Å²) in [6.07, 6.45) is 1.68. The molecule has 0 saturated carbocycles. The van der Waals surface area contributed by atoms with Crippen molar-refractivity contribution in [3.63, 3.8) is 0 Å². The van der Waals surface area contributed by atoms with Crippen molar-refractivity contribution in [1.82, 2.24) is 4.98 Å². The Morgan fingerprint density at radius 3 is 2.85 bits per heavy atom. The van der Waals surface area contributed by atoms with Crippen LogP contribution in [0.25, 0.3) is 0 Å². The molecule has 0 aliphatic carbocycles. The van der Waals surface area contributed by atoms with Crippen LogP contribution in [-0.4, -0.2) is 4.98 Å². The van der Waals surface area contributed by atoms with Gasteiger partial charge in [-0.1, -0.05) is 17.8 Å². The van der Waals surface area contributed by atoms with Gasteiger partial charge >= 0.3 is 0 Å². The van der Waals surface area contributed by atoms with Crippen LogP contribution in [0, 0.1) is 0 Å². The summed E-state index contributed by atoms with van der Waals surface area (Å²) < 4.78 is 1.25. The van der Waals surface area contributed by atoms with E-state index < -0.39 is 0 Å². The van der Waals surface area contributed by atoms with Crippen molar-refractivity contribution in [3.05, 3.63) is 35.8 Å². The summed E-state index contributed by atoms with van der Waals surface area (Å²) >= 11 is 3.37. The molecule has 0 atom stereocenters. The molecule has 2 aromatic heterocycles. The van der Waals surface area contributed by atoms with E-state index >= 15 is 0 Å². The van der Waals surface area contributed by atoms with Gasteiger partial charge in [0.05, 0.1) is 16.1 Å². The van der Waals surface area contributed by atoms with Crippen LogP contribution in [0.2, 0.25) is 0 Å². The summed E-state index contributed by atoms with van der Waals surface area (Å²) in [5, 5.41) is 3.04. The minimum atomic E-state index is 0.704. The third kappa shape index (κ3) is 2.23. The van der Waals surface area contributed by atoms with Crippen LogP contribution in [-0.2, 0) is 0 Å². The van der Waals surface area contributed by atoms with Gasteiger partial charge in [-0.2, -0.15) is 0 Å². The molecule has 0 aromatic carbocycles. The van der Waals surface area contributed by atoms with Gasteiger partial charge in [0.1, 0.15) is 5.03 Å². The maximum Gasteiger partial charge on any atom is 0.102 e. The molecule has 66 valence electrons. The number of nitrogen functional groups attached to an aromatic ring is 1. The summed E-state index contributed by atoms with van der Waals surface area (Å²) in [5.74, 6) is 0. The van der Waals surface area contributed by atoms with Crippen molar-refractivity contribution in [2.24, 2.45) is 0 Å². The van der Waals surface area contributed by atoms with Crippen molar-refractivity contribution in [2.75, 3.05) is 5.73 Å². The van der Waals surface area contributed by atoms with Gasteiger partial charge in [-0.25, -0.2) is 4.98 Å². The Balaban J connectivity index is 2.15. The molecule has 2 N–H and O–H groups in total. The SMILES string of the molecule is Nc1ccc(Sc2cccs2)nc1. The lowest BCUT2D eigenvalue weighted by Gasteiger charge is -1.97. The molecule has 2 heterocycles. The molecule has 0 aliphatic heterocycles. The number of pyridine rings is 1. The fraction of sp³-hybridized carbons (Fsp3) is 0. The van der Waals surface area contributed by atoms with Crippen LogP contribution in [0.1, 0.15) is 0 Å². The van der Waals surface area contributed by atoms with Crippen molar-refractivity contribution in [2.45, 2.75) is 9.24 Å². The molecule has 2 rings (SSSR count). The summed E-state index contributed by atoms with van der Waals surface area (Å²) in [6, 6.07) is 7.90. The van der Waals surface area contributed by atoms with Crippen LogP contribution < -0.4 is 5.73 Å². The minimum absolute atomic E-state index is 0.704. The molecule has 0 spiro atoms. The number of anilines is 1. The van der Waals surface area contributed by atoms with Crippen molar-refractivity contribution < 1.29 is 0 Å². The van der Waals surface area contributed by atoms with E-state index in [1.165, 1.54) is 4.21 Å². The average molecular weight is 208 g/mol. The molecule has 2 aromatic rings. The Labute approximate surface area is 84.8 Å². The Morgan fingerprint density at radius 2 is 2.23 bits per heavy atom. The number of hydrogen-bond donors (Lipinski definition) is 1. The molecular formula is C9H8N2S2. The van der Waals surface area contributed by atoms with Gasteiger partial charge in [-0.15, -0.1) is 11.3 Å². The largest absolute Gasteiger partial charge is 0.397 e. The predicted octanol–water partition coefficient (Wildman–Crippen LogP) is 2.88. The van der Waals surface area contributed by atoms with Gasteiger partial charge in [0.25, 0.3) is 0 Å².